The van der Waals surface area contributed by atoms with Gasteiger partial charge in [-0.1, -0.05) is 60.7 Å². The fourth-order valence-electron chi connectivity index (χ4n) is 6.74. The van der Waals surface area contributed by atoms with Gasteiger partial charge in [-0.2, -0.15) is 23.1 Å². The maximum Gasteiger partial charge on any atom is 0.422 e. The van der Waals surface area contributed by atoms with Crippen LogP contribution in [0.2, 0.25) is 0 Å². The molecule has 4 heterocycles. The summed E-state index contributed by atoms with van der Waals surface area (Å²) in [4.78, 5) is 35.3. The highest BCUT2D eigenvalue weighted by atomic mass is 19.4. The van der Waals surface area contributed by atoms with Crippen LogP contribution in [-0.2, 0) is 6.54 Å². The molecule has 2 aliphatic rings. The van der Waals surface area contributed by atoms with Gasteiger partial charge in [0.2, 0.25) is 11.8 Å². The van der Waals surface area contributed by atoms with Crippen molar-refractivity contribution in [1.82, 2.24) is 34.6 Å². The summed E-state index contributed by atoms with van der Waals surface area (Å²) in [5, 5.41) is 0. The van der Waals surface area contributed by atoms with Gasteiger partial charge in [-0.15, -0.1) is 0 Å². The molecule has 0 radical (unpaired) electrons. The van der Waals surface area contributed by atoms with E-state index in [0.717, 1.165) is 11.1 Å². The number of hydrogen-bond acceptors (Lipinski definition) is 9. The Balaban J connectivity index is 1.38. The molecule has 48 heavy (non-hydrogen) atoms. The Morgan fingerprint density at radius 3 is 2.25 bits per heavy atom. The van der Waals surface area contributed by atoms with Crippen molar-refractivity contribution in [3.63, 3.8) is 0 Å². The smallest absolute Gasteiger partial charge is 0.422 e. The predicted octanol–water partition coefficient (Wildman–Crippen LogP) is 4.39. The summed E-state index contributed by atoms with van der Waals surface area (Å²) in [6.45, 7) is 3.28. The number of methoxy groups -OCH3 is 1. The maximum atomic E-state index is 13.4. The number of nitrogens with zero attached hydrogens (tertiary/aromatic N) is 6. The summed E-state index contributed by atoms with van der Waals surface area (Å²) in [6, 6.07) is 20.3. The average Bonchev–Trinajstić information content (AvgIpc) is 3.64. The van der Waals surface area contributed by atoms with Gasteiger partial charge in [-0.3, -0.25) is 14.6 Å². The van der Waals surface area contributed by atoms with Gasteiger partial charge >= 0.3 is 12.2 Å². The van der Waals surface area contributed by atoms with Crippen LogP contribution in [0, 0.1) is 0 Å². The highest BCUT2D eigenvalue weighted by Crippen LogP contribution is 2.38. The summed E-state index contributed by atoms with van der Waals surface area (Å²) >= 11 is 0. The second-order valence-electron chi connectivity index (χ2n) is 11.8. The number of aromatic amines is 1. The summed E-state index contributed by atoms with van der Waals surface area (Å²) in [5.74, 6) is -0.337. The first-order chi connectivity index (χ1) is 23.2. The van der Waals surface area contributed by atoms with Crippen molar-refractivity contribution in [3.05, 3.63) is 95.6 Å². The van der Waals surface area contributed by atoms with Crippen LogP contribution < -0.4 is 14.2 Å². The summed E-state index contributed by atoms with van der Waals surface area (Å²) in [5.41, 5.74) is 2.99. The summed E-state index contributed by atoms with van der Waals surface area (Å²) < 4.78 is 56.2. The molecule has 2 saturated heterocycles. The highest BCUT2D eigenvalue weighted by Gasteiger charge is 2.44. The third-order valence-electron chi connectivity index (χ3n) is 8.72. The Hall–Kier alpha value is -4.69. The minimum absolute atomic E-state index is 0.0352. The minimum atomic E-state index is -4.58. The molecule has 2 unspecified atom stereocenters. The van der Waals surface area contributed by atoms with Crippen LogP contribution in [0.4, 0.5) is 13.2 Å². The highest BCUT2D eigenvalue weighted by molar-refractivity contribution is 5.92. The lowest BCUT2D eigenvalue weighted by atomic mass is 9.81. The quantitative estimate of drug-likeness (QED) is 0.250. The zero-order chi connectivity index (χ0) is 33.7. The molecule has 2 atom stereocenters. The number of alkyl halides is 3. The molecule has 0 aliphatic carbocycles. The monoisotopic (exact) mass is 665 g/mol. The molecule has 0 spiro atoms. The Bertz CT molecular complexity index is 1600. The molecule has 2 aromatic carbocycles. The van der Waals surface area contributed by atoms with E-state index in [4.69, 9.17) is 14.2 Å². The number of carbonyl (C=O) groups is 1. The normalized spacial score (nSPS) is 18.8. The molecule has 254 valence electrons. The van der Waals surface area contributed by atoms with Crippen LogP contribution in [0.15, 0.2) is 73.2 Å². The number of carbonyl (C=O) groups excluding carboxylic acids is 1. The van der Waals surface area contributed by atoms with Crippen LogP contribution in [0.1, 0.15) is 40.0 Å². The van der Waals surface area contributed by atoms with Crippen LogP contribution >= 0.6 is 0 Å². The van der Waals surface area contributed by atoms with Crippen LogP contribution in [0.25, 0.3) is 0 Å². The van der Waals surface area contributed by atoms with Gasteiger partial charge in [0, 0.05) is 57.3 Å². The fourth-order valence-corrected chi connectivity index (χ4v) is 6.74. The average molecular weight is 666 g/mol. The first kappa shape index (κ1) is 33.2. The molecule has 4 aromatic rings. The van der Waals surface area contributed by atoms with E-state index in [9.17, 15) is 18.0 Å². The van der Waals surface area contributed by atoms with Gasteiger partial charge < -0.3 is 24.1 Å². The van der Waals surface area contributed by atoms with Gasteiger partial charge in [0.15, 0.2) is 6.61 Å². The van der Waals surface area contributed by atoms with Crippen molar-refractivity contribution in [1.29, 1.82) is 0 Å². The molecule has 6 rings (SSSR count). The van der Waals surface area contributed by atoms with E-state index in [0.29, 0.717) is 38.4 Å². The van der Waals surface area contributed by atoms with Gasteiger partial charge in [0.1, 0.15) is 5.69 Å². The van der Waals surface area contributed by atoms with Crippen molar-refractivity contribution in [2.24, 2.45) is 0 Å². The lowest BCUT2D eigenvalue weighted by Gasteiger charge is -2.53. The van der Waals surface area contributed by atoms with E-state index < -0.39 is 12.8 Å². The van der Waals surface area contributed by atoms with Gasteiger partial charge in [-0.25, -0.2) is 4.98 Å². The van der Waals surface area contributed by atoms with Crippen LogP contribution in [0.5, 0.6) is 17.8 Å². The number of ether oxygens (including phenoxy) is 3. The molecule has 0 saturated carbocycles. The standard InChI is InChI=1S/C34H38F3N7O4/c1-3-47-33-40-30(46-2)26(31(41-33)48-21-34(35,36)37)19-42-17-25-18-43(32(45)27-16-38-22-39-27)14-15-44(25)28(20-42)29(23-10-6-4-7-11-23)24-12-8-5-9-13-24/h4-13,16,22,25,28-29H,3,14-15,17-21H2,1-2H3,(H,38,39). The SMILES string of the molecule is CCOc1nc(OC)c(CN2CC3CN(C(=O)c4cnc[nH]4)CCN3C(C(c3ccccc3)c3ccccc3)C2)c(OCC(F)(F)F)n1. The van der Waals surface area contributed by atoms with Gasteiger partial charge in [0.05, 0.1) is 31.8 Å². The number of nitrogens with one attached hydrogen (secondary N) is 1. The molecular formula is C34H38F3N7O4. The Kier molecular flexibility index (Phi) is 10.1. The van der Waals surface area contributed by atoms with Crippen LogP contribution in [-0.4, -0.2) is 112 Å². The molecule has 2 aliphatic heterocycles. The van der Waals surface area contributed by atoms with E-state index in [-0.39, 0.29) is 60.4 Å². The first-order valence-corrected chi connectivity index (χ1v) is 15.9. The number of aromatic nitrogens is 4. The topological polar surface area (TPSA) is 109 Å². The lowest BCUT2D eigenvalue weighted by molar-refractivity contribution is -0.154. The molecule has 2 fully saturated rings. The van der Waals surface area contributed by atoms with Crippen molar-refractivity contribution < 1.29 is 32.2 Å². The number of fused-ring (bicyclic) bond motifs is 1. The first-order valence-electron chi connectivity index (χ1n) is 15.9. The fraction of sp³-hybridized carbons (Fsp3) is 0.412. The Morgan fingerprint density at radius 1 is 0.958 bits per heavy atom. The number of piperazine rings is 2. The molecule has 14 heteroatoms. The second kappa shape index (κ2) is 14.6. The molecule has 0 bridgehead atoms. The molecule has 2 aromatic heterocycles. The van der Waals surface area contributed by atoms with Crippen molar-refractivity contribution in [3.8, 4) is 17.8 Å². The largest absolute Gasteiger partial charge is 0.481 e. The van der Waals surface area contributed by atoms with E-state index in [1.807, 2.05) is 41.3 Å². The minimum Gasteiger partial charge on any atom is -0.481 e. The second-order valence-corrected chi connectivity index (χ2v) is 11.8. The number of imidazole rings is 1. The molecular weight excluding hydrogens is 627 g/mol. The number of rotatable bonds is 11. The number of amides is 1. The zero-order valence-corrected chi connectivity index (χ0v) is 26.8. The third-order valence-corrected chi connectivity index (χ3v) is 8.72. The van der Waals surface area contributed by atoms with Gasteiger partial charge in [-0.05, 0) is 18.1 Å². The number of H-pyrrole nitrogens is 1. The molecule has 11 nitrogen and oxygen atoms in total. The van der Waals surface area contributed by atoms with E-state index in [2.05, 4.69) is 54.0 Å². The number of halogens is 3. The van der Waals surface area contributed by atoms with E-state index >= 15 is 0 Å². The van der Waals surface area contributed by atoms with Crippen molar-refractivity contribution in [2.45, 2.75) is 37.6 Å². The zero-order valence-electron chi connectivity index (χ0n) is 26.8. The van der Waals surface area contributed by atoms with Crippen molar-refractivity contribution >= 4 is 5.91 Å². The van der Waals surface area contributed by atoms with E-state index in [1.165, 1.54) is 19.6 Å². The van der Waals surface area contributed by atoms with Crippen LogP contribution in [0.3, 0.4) is 0 Å². The van der Waals surface area contributed by atoms with E-state index in [1.54, 1.807) is 6.92 Å². The molecule has 1 N–H and O–H groups in total. The summed E-state index contributed by atoms with van der Waals surface area (Å²) in [6.07, 6.45) is -1.58. The Morgan fingerprint density at radius 2 is 1.65 bits per heavy atom. The number of hydrogen-bond donors (Lipinski definition) is 1. The molecule has 1 amide bonds. The summed E-state index contributed by atoms with van der Waals surface area (Å²) in [7, 11) is 1.40. The van der Waals surface area contributed by atoms with Gasteiger partial charge in [0.25, 0.3) is 5.91 Å². The predicted molar refractivity (Wildman–Crippen MR) is 170 cm³/mol. The Labute approximate surface area is 276 Å². The number of benzene rings is 2. The third kappa shape index (κ3) is 7.55. The maximum absolute atomic E-state index is 13.4. The van der Waals surface area contributed by atoms with Crippen molar-refractivity contribution in [2.75, 3.05) is 53.0 Å². The lowest BCUT2D eigenvalue weighted by Crippen LogP contribution is -2.67.